The van der Waals surface area contributed by atoms with E-state index in [1.807, 2.05) is 5.43 Å². The molecule has 0 aliphatic heterocycles. The average Bonchev–Trinajstić information content (AvgIpc) is 2.61. The molecule has 3 nitrogen and oxygen atoms in total. The van der Waals surface area contributed by atoms with E-state index in [4.69, 9.17) is 0 Å². The van der Waals surface area contributed by atoms with Gasteiger partial charge >= 0.3 is 0 Å². The molecule has 0 amide bonds. The van der Waals surface area contributed by atoms with Crippen molar-refractivity contribution in [2.75, 3.05) is 5.43 Å². The fourth-order valence-corrected chi connectivity index (χ4v) is 2.10. The quantitative estimate of drug-likeness (QED) is 0.253. The Morgan fingerprint density at radius 2 is 1.46 bits per heavy atom. The minimum atomic E-state index is -2.22. The van der Waals surface area contributed by atoms with Crippen molar-refractivity contribution in [3.63, 3.8) is 0 Å². The number of hydrazone groups is 1. The summed E-state index contributed by atoms with van der Waals surface area (Å²) in [6.45, 7) is 0. The van der Waals surface area contributed by atoms with Crippen LogP contribution >= 0.6 is 0 Å². The van der Waals surface area contributed by atoms with E-state index in [1.165, 1.54) is 12.4 Å². The van der Waals surface area contributed by atoms with E-state index in [1.54, 1.807) is 30.3 Å². The molecule has 24 heavy (non-hydrogen) atoms. The minimum Gasteiger partial charge on any atom is -0.272 e. The molecule has 2 aromatic carbocycles. The zero-order valence-electron chi connectivity index (χ0n) is 11.8. The van der Waals surface area contributed by atoms with Crippen LogP contribution in [0.2, 0.25) is 0 Å². The van der Waals surface area contributed by atoms with Crippen molar-refractivity contribution in [3.8, 4) is 0 Å². The minimum absolute atomic E-state index is 0.553. The SMILES string of the molecule is Fc1c(F)c(F)c(N/N=C\c2ccnc3ccccc23)c(F)c1F. The number of hydrogen-bond donors (Lipinski definition) is 1. The molecule has 8 heteroatoms. The molecule has 0 saturated heterocycles. The van der Waals surface area contributed by atoms with Crippen LogP contribution in [0.4, 0.5) is 27.6 Å². The van der Waals surface area contributed by atoms with Gasteiger partial charge in [-0.05, 0) is 12.1 Å². The maximum Gasteiger partial charge on any atom is 0.200 e. The number of hydrogen-bond acceptors (Lipinski definition) is 3. The predicted molar refractivity (Wildman–Crippen MR) is 79.2 cm³/mol. The van der Waals surface area contributed by atoms with Crippen LogP contribution in [0.25, 0.3) is 10.9 Å². The summed E-state index contributed by atoms with van der Waals surface area (Å²) in [7, 11) is 0. The molecular weight excluding hydrogens is 329 g/mol. The lowest BCUT2D eigenvalue weighted by Gasteiger charge is -2.07. The Kier molecular flexibility index (Phi) is 4.11. The van der Waals surface area contributed by atoms with E-state index < -0.39 is 34.8 Å². The van der Waals surface area contributed by atoms with E-state index in [0.29, 0.717) is 16.5 Å². The maximum absolute atomic E-state index is 13.5. The lowest BCUT2D eigenvalue weighted by Crippen LogP contribution is -2.06. The summed E-state index contributed by atoms with van der Waals surface area (Å²) in [5.74, 6) is -10.3. The summed E-state index contributed by atoms with van der Waals surface area (Å²) in [6, 6.07) is 8.64. The van der Waals surface area contributed by atoms with E-state index in [2.05, 4.69) is 10.1 Å². The Morgan fingerprint density at radius 3 is 2.17 bits per heavy atom. The van der Waals surface area contributed by atoms with Crippen molar-refractivity contribution < 1.29 is 22.0 Å². The van der Waals surface area contributed by atoms with Gasteiger partial charge in [0.15, 0.2) is 23.3 Å². The third-order valence-corrected chi connectivity index (χ3v) is 3.27. The van der Waals surface area contributed by atoms with Gasteiger partial charge in [-0.2, -0.15) is 5.10 Å². The largest absolute Gasteiger partial charge is 0.272 e. The first-order chi connectivity index (χ1) is 11.5. The molecule has 3 aromatic rings. The third kappa shape index (κ3) is 2.66. The number of rotatable bonds is 3. The zero-order chi connectivity index (χ0) is 17.3. The standard InChI is InChI=1S/C16H8F5N3/c17-11-12(18)14(20)16(15(21)13(11)19)24-23-7-8-5-6-22-10-4-2-1-3-9(8)10/h1-7,24H/b23-7-. The second-order valence-corrected chi connectivity index (χ2v) is 4.73. The molecule has 0 bridgehead atoms. The smallest absolute Gasteiger partial charge is 0.200 e. The second kappa shape index (κ2) is 6.23. The van der Waals surface area contributed by atoms with Crippen LogP contribution in [-0.4, -0.2) is 11.2 Å². The molecule has 1 heterocycles. The molecule has 0 spiro atoms. The van der Waals surface area contributed by atoms with Crippen molar-refractivity contribution in [3.05, 3.63) is 71.2 Å². The summed E-state index contributed by atoms with van der Waals surface area (Å²) >= 11 is 0. The molecule has 3 rings (SSSR count). The van der Waals surface area contributed by atoms with Crippen LogP contribution in [0.3, 0.4) is 0 Å². The number of fused-ring (bicyclic) bond motifs is 1. The van der Waals surface area contributed by atoms with Gasteiger partial charge in [-0.25, -0.2) is 22.0 Å². The lowest BCUT2D eigenvalue weighted by molar-refractivity contribution is 0.381. The monoisotopic (exact) mass is 337 g/mol. The number of halogens is 5. The number of pyridine rings is 1. The maximum atomic E-state index is 13.5. The van der Waals surface area contributed by atoms with Crippen molar-refractivity contribution in [2.24, 2.45) is 5.10 Å². The fourth-order valence-electron chi connectivity index (χ4n) is 2.10. The highest BCUT2D eigenvalue weighted by molar-refractivity contribution is 5.98. The Balaban J connectivity index is 1.95. The van der Waals surface area contributed by atoms with Gasteiger partial charge in [0.05, 0.1) is 11.7 Å². The number of nitrogens with one attached hydrogen (secondary N) is 1. The second-order valence-electron chi connectivity index (χ2n) is 4.73. The molecular formula is C16H8F5N3. The summed E-state index contributed by atoms with van der Waals surface area (Å²) in [5.41, 5.74) is 1.85. The van der Waals surface area contributed by atoms with E-state index in [0.717, 1.165) is 0 Å². The number of benzene rings is 2. The normalized spacial score (nSPS) is 11.4. The molecule has 0 aliphatic rings. The Morgan fingerprint density at radius 1 is 0.833 bits per heavy atom. The van der Waals surface area contributed by atoms with Gasteiger partial charge in [0.1, 0.15) is 5.69 Å². The van der Waals surface area contributed by atoms with Gasteiger partial charge in [-0.3, -0.25) is 10.4 Å². The van der Waals surface area contributed by atoms with Crippen molar-refractivity contribution in [2.45, 2.75) is 0 Å². The number of nitrogens with zero attached hydrogens (tertiary/aromatic N) is 2. The molecule has 1 aromatic heterocycles. The van der Waals surface area contributed by atoms with Crippen molar-refractivity contribution in [1.29, 1.82) is 0 Å². The highest BCUT2D eigenvalue weighted by atomic mass is 19.2. The van der Waals surface area contributed by atoms with Crippen LogP contribution < -0.4 is 5.43 Å². The number of anilines is 1. The Bertz CT molecular complexity index is 922. The van der Waals surface area contributed by atoms with Crippen LogP contribution in [-0.2, 0) is 0 Å². The molecule has 1 N–H and O–H groups in total. The van der Waals surface area contributed by atoms with Crippen LogP contribution in [0.1, 0.15) is 5.56 Å². The Hall–Kier alpha value is -3.03. The third-order valence-electron chi connectivity index (χ3n) is 3.27. The summed E-state index contributed by atoms with van der Waals surface area (Å²) in [6.07, 6.45) is 2.70. The van der Waals surface area contributed by atoms with Gasteiger partial charge in [0, 0.05) is 17.1 Å². The van der Waals surface area contributed by atoms with Gasteiger partial charge in [0.2, 0.25) is 5.82 Å². The highest BCUT2D eigenvalue weighted by Gasteiger charge is 2.25. The molecule has 0 radical (unpaired) electrons. The molecule has 122 valence electrons. The van der Waals surface area contributed by atoms with Crippen LogP contribution in [0.15, 0.2) is 41.6 Å². The van der Waals surface area contributed by atoms with Crippen LogP contribution in [0, 0.1) is 29.1 Å². The van der Waals surface area contributed by atoms with Crippen molar-refractivity contribution >= 4 is 22.8 Å². The highest BCUT2D eigenvalue weighted by Crippen LogP contribution is 2.27. The van der Waals surface area contributed by atoms with Gasteiger partial charge in [0.25, 0.3) is 0 Å². The first-order valence-electron chi connectivity index (χ1n) is 6.65. The molecule has 0 fully saturated rings. The van der Waals surface area contributed by atoms with E-state index >= 15 is 0 Å². The average molecular weight is 337 g/mol. The van der Waals surface area contributed by atoms with Crippen molar-refractivity contribution in [1.82, 2.24) is 4.98 Å². The van der Waals surface area contributed by atoms with Crippen LogP contribution in [0.5, 0.6) is 0 Å². The first-order valence-corrected chi connectivity index (χ1v) is 6.65. The summed E-state index contributed by atoms with van der Waals surface area (Å²) in [4.78, 5) is 4.13. The van der Waals surface area contributed by atoms with E-state index in [-0.39, 0.29) is 0 Å². The summed E-state index contributed by atoms with van der Waals surface area (Å²) < 4.78 is 66.2. The molecule has 0 unspecified atom stereocenters. The number of aromatic nitrogens is 1. The molecule has 0 saturated carbocycles. The predicted octanol–water partition coefficient (Wildman–Crippen LogP) is 4.38. The van der Waals surface area contributed by atoms with Gasteiger partial charge in [-0.15, -0.1) is 0 Å². The Labute approximate surface area is 132 Å². The fraction of sp³-hybridized carbons (Fsp3) is 0. The van der Waals surface area contributed by atoms with E-state index in [9.17, 15) is 22.0 Å². The molecule has 0 atom stereocenters. The topological polar surface area (TPSA) is 37.3 Å². The lowest BCUT2D eigenvalue weighted by atomic mass is 10.1. The zero-order valence-corrected chi connectivity index (χ0v) is 11.8. The molecule has 0 aliphatic carbocycles. The summed E-state index contributed by atoms with van der Waals surface area (Å²) in [5, 5.41) is 4.27. The van der Waals surface area contributed by atoms with Gasteiger partial charge in [-0.1, -0.05) is 18.2 Å². The van der Waals surface area contributed by atoms with Gasteiger partial charge < -0.3 is 0 Å². The number of para-hydroxylation sites is 1. The first kappa shape index (κ1) is 15.9.